The van der Waals surface area contributed by atoms with Crippen LogP contribution in [0.25, 0.3) is 11.2 Å². The van der Waals surface area contributed by atoms with Gasteiger partial charge in [-0.2, -0.15) is 8.88 Å². The van der Waals surface area contributed by atoms with Gasteiger partial charge in [-0.25, -0.2) is 19.1 Å². The summed E-state index contributed by atoms with van der Waals surface area (Å²) in [5.74, 6) is -0.367. The van der Waals surface area contributed by atoms with Crippen LogP contribution in [0.3, 0.4) is 0 Å². The van der Waals surface area contributed by atoms with E-state index in [1.807, 2.05) is 4.90 Å². The minimum Gasteiger partial charge on any atom is -0.397 e. The normalized spacial score (nSPS) is 31.1. The smallest absolute Gasteiger partial charge is 0.397 e. The van der Waals surface area contributed by atoms with Crippen molar-refractivity contribution in [2.24, 2.45) is 5.73 Å². The van der Waals surface area contributed by atoms with Gasteiger partial charge in [0.2, 0.25) is 5.95 Å². The van der Waals surface area contributed by atoms with Crippen LogP contribution >= 0.6 is 15.6 Å². The molecule has 0 saturated carbocycles. The van der Waals surface area contributed by atoms with Crippen molar-refractivity contribution in [2.75, 3.05) is 36.9 Å². The minimum atomic E-state index is -5.40. The topological polar surface area (TPSA) is 309 Å². The Bertz CT molecular complexity index is 1810. The van der Waals surface area contributed by atoms with Gasteiger partial charge in [0.25, 0.3) is 12.1 Å². The van der Waals surface area contributed by atoms with E-state index in [0.717, 1.165) is 19.3 Å². The van der Waals surface area contributed by atoms with Gasteiger partial charge in [-0.05, 0) is 31.4 Å². The monoisotopic (exact) mass is 746 g/mol. The third-order valence-corrected chi connectivity index (χ3v) is 11.2. The van der Waals surface area contributed by atoms with E-state index in [0.29, 0.717) is 30.2 Å². The first-order chi connectivity index (χ1) is 23.7. The molecule has 50 heavy (non-hydrogen) atoms. The molecule has 10 N–H and O–H groups in total. The molecule has 0 aromatic carbocycles. The molecule has 0 bridgehead atoms. The molecule has 23 heteroatoms. The lowest BCUT2D eigenvalue weighted by molar-refractivity contribution is -0.765. The Kier molecular flexibility index (Phi) is 10.6. The number of nitrogens with zero attached hydrogens (tertiary/aromatic N) is 5. The number of primary amides is 1. The van der Waals surface area contributed by atoms with Crippen molar-refractivity contribution in [3.63, 3.8) is 0 Å². The fourth-order valence-corrected chi connectivity index (χ4v) is 8.14. The summed E-state index contributed by atoms with van der Waals surface area (Å²) in [6.45, 7) is -0.463. The average molecular weight is 747 g/mol. The highest BCUT2D eigenvalue weighted by molar-refractivity contribution is 7.61. The number of carbonyl (C=O) groups is 1. The Morgan fingerprint density at radius 3 is 2.26 bits per heavy atom. The number of amides is 1. The first kappa shape index (κ1) is 36.6. The summed E-state index contributed by atoms with van der Waals surface area (Å²) in [5.41, 5.74) is 12.4. The van der Waals surface area contributed by atoms with Crippen LogP contribution in [0.5, 0.6) is 0 Å². The molecule has 3 fully saturated rings. The molecule has 21 nitrogen and oxygen atoms in total. The number of piperidine rings is 1. The molecule has 3 aliphatic rings. The molecule has 6 heterocycles. The molecule has 1 amide bonds. The van der Waals surface area contributed by atoms with Gasteiger partial charge in [-0.15, -0.1) is 0 Å². The molecular formula is C27H38N7O14P2+. The lowest BCUT2D eigenvalue weighted by Gasteiger charge is -2.30. The summed E-state index contributed by atoms with van der Waals surface area (Å²) < 4.78 is 53.4. The van der Waals surface area contributed by atoms with E-state index in [9.17, 15) is 44.1 Å². The number of phosphoric acid groups is 2. The molecule has 10 atom stereocenters. The number of imidazole rings is 1. The van der Waals surface area contributed by atoms with Gasteiger partial charge >= 0.3 is 15.6 Å². The molecule has 0 radical (unpaired) electrons. The van der Waals surface area contributed by atoms with E-state index in [-0.39, 0.29) is 11.2 Å². The van der Waals surface area contributed by atoms with Gasteiger partial charge in [0.1, 0.15) is 41.6 Å². The summed E-state index contributed by atoms with van der Waals surface area (Å²) in [6.07, 6.45) is -4.94. The third-order valence-electron chi connectivity index (χ3n) is 8.57. The highest BCUT2D eigenvalue weighted by Gasteiger charge is 2.50. The Hall–Kier alpha value is -3.14. The van der Waals surface area contributed by atoms with Crippen LogP contribution in [0.4, 0.5) is 11.6 Å². The predicted octanol–water partition coefficient (Wildman–Crippen LogP) is -1.42. The zero-order valence-electron chi connectivity index (χ0n) is 26.3. The first-order valence-corrected chi connectivity index (χ1v) is 18.5. The van der Waals surface area contributed by atoms with Crippen LogP contribution in [0, 0.1) is 0 Å². The number of aliphatic hydroxyl groups is 4. The first-order valence-electron chi connectivity index (χ1n) is 15.5. The molecule has 0 spiro atoms. The molecule has 274 valence electrons. The number of aliphatic hydroxyl groups excluding tert-OH is 4. The van der Waals surface area contributed by atoms with Gasteiger partial charge < -0.3 is 56.1 Å². The van der Waals surface area contributed by atoms with Crippen molar-refractivity contribution in [1.82, 2.24) is 14.5 Å². The van der Waals surface area contributed by atoms with E-state index in [2.05, 4.69) is 14.3 Å². The Labute approximate surface area is 283 Å². The number of fused-ring (bicyclic) bond motifs is 1. The number of phosphoric ester groups is 2. The highest BCUT2D eigenvalue weighted by Crippen LogP contribution is 2.60. The van der Waals surface area contributed by atoms with Gasteiger partial charge in [0.05, 0.1) is 18.9 Å². The van der Waals surface area contributed by atoms with Crippen molar-refractivity contribution in [1.29, 1.82) is 0 Å². The van der Waals surface area contributed by atoms with Crippen LogP contribution in [0.15, 0.2) is 36.8 Å². The molecular weight excluding hydrogens is 708 g/mol. The van der Waals surface area contributed by atoms with Crippen molar-refractivity contribution < 1.29 is 71.5 Å². The maximum absolute atomic E-state index is 12.7. The molecule has 4 unspecified atom stereocenters. The van der Waals surface area contributed by atoms with Crippen molar-refractivity contribution in [3.05, 3.63) is 42.4 Å². The Morgan fingerprint density at radius 1 is 0.960 bits per heavy atom. The second kappa shape index (κ2) is 14.5. The second-order valence-corrected chi connectivity index (χ2v) is 15.1. The lowest BCUT2D eigenvalue weighted by Crippen LogP contribution is -2.46. The highest BCUT2D eigenvalue weighted by atomic mass is 31.3. The number of hydrogen-bond acceptors (Lipinski definition) is 16. The largest absolute Gasteiger partial charge is 0.481 e. The van der Waals surface area contributed by atoms with Crippen molar-refractivity contribution in [2.45, 2.75) is 68.3 Å². The minimum absolute atomic E-state index is 0.0737. The number of rotatable bonds is 12. The zero-order valence-corrected chi connectivity index (χ0v) is 28.1. The second-order valence-electron chi connectivity index (χ2n) is 12.0. The van der Waals surface area contributed by atoms with Gasteiger partial charge in [0.15, 0.2) is 30.4 Å². The van der Waals surface area contributed by atoms with E-state index in [1.165, 1.54) is 39.9 Å². The molecule has 3 saturated heterocycles. The number of aromatic nitrogens is 4. The fraction of sp³-hybridized carbons (Fsp3) is 0.556. The Balaban J connectivity index is 1.08. The van der Waals surface area contributed by atoms with E-state index in [1.54, 1.807) is 6.07 Å². The summed E-state index contributed by atoms with van der Waals surface area (Å²) in [6, 6.07) is 4.42. The molecule has 3 aromatic heterocycles. The lowest BCUT2D eigenvalue weighted by atomic mass is 10.1. The van der Waals surface area contributed by atoms with Crippen molar-refractivity contribution >= 4 is 44.4 Å². The maximum Gasteiger partial charge on any atom is 0.481 e. The van der Waals surface area contributed by atoms with E-state index in [4.69, 9.17) is 30.0 Å². The summed E-state index contributed by atoms with van der Waals surface area (Å²) in [5, 5.41) is 42.7. The van der Waals surface area contributed by atoms with Crippen LogP contribution < -0.4 is 20.9 Å². The van der Waals surface area contributed by atoms with Crippen LogP contribution in [-0.2, 0) is 32.0 Å². The standard InChI is InChI=1S/C27H37N7O14P2/c28-15-6-7-30-24-18(15)31-27(32-8-2-1-3-9-32)34(24)26-22(38)20(36)17(47-26)13-45-50(42,43)48-49(40,41)44-12-16-19(35)21(37)25(46-16)33-10-4-5-14(11-33)23(29)39/h4-7,10-11,16-17,19-22,25-26,35-38H,1-3,8-9,12-13H2,(H5-,28,29,30,39,40,41,42,43)/p+1/t16-,17+,19?,20-,21+,22?,25-,26+/m0/s1. The average Bonchev–Trinajstić information content (AvgIpc) is 3.70. The zero-order chi connectivity index (χ0) is 36.0. The number of nitrogens with two attached hydrogens (primary N) is 2. The fourth-order valence-electron chi connectivity index (χ4n) is 6.05. The van der Waals surface area contributed by atoms with Crippen LogP contribution in [-0.4, -0.2) is 114 Å². The SMILES string of the molecule is NC(=O)c1ccc[n+]([C@H]2O[C@@H](COP(=O)(O)OP(=O)(O)OC[C@H]3O[C@@H](n4c(N5CCCCC5)nc5c(N)ccnc54)C(O)[C@H]3O)C(O)[C@H]2O)c1. The number of pyridine rings is 2. The molecule has 6 rings (SSSR count). The molecule has 3 aliphatic heterocycles. The third kappa shape index (κ3) is 7.56. The number of ether oxygens (including phenoxy) is 2. The van der Waals surface area contributed by atoms with Gasteiger partial charge in [0, 0.05) is 25.4 Å². The van der Waals surface area contributed by atoms with Crippen molar-refractivity contribution in [3.8, 4) is 0 Å². The van der Waals surface area contributed by atoms with Crippen LogP contribution in [0.2, 0.25) is 0 Å². The number of hydrogen-bond donors (Lipinski definition) is 8. The number of carbonyl (C=O) groups excluding carboxylic acids is 1. The van der Waals surface area contributed by atoms with E-state index < -0.39 is 83.8 Å². The summed E-state index contributed by atoms with van der Waals surface area (Å²) in [4.78, 5) is 42.9. The quantitative estimate of drug-likeness (QED) is 0.0779. The van der Waals surface area contributed by atoms with Crippen LogP contribution in [0.1, 0.15) is 42.1 Å². The Morgan fingerprint density at radius 2 is 1.60 bits per heavy atom. The summed E-state index contributed by atoms with van der Waals surface area (Å²) >= 11 is 0. The van der Waals surface area contributed by atoms with Gasteiger partial charge in [-0.3, -0.25) is 18.4 Å². The van der Waals surface area contributed by atoms with E-state index >= 15 is 0 Å². The predicted molar refractivity (Wildman–Crippen MR) is 168 cm³/mol. The summed E-state index contributed by atoms with van der Waals surface area (Å²) in [7, 11) is -10.8. The van der Waals surface area contributed by atoms with Gasteiger partial charge in [-0.1, -0.05) is 0 Å². The molecule has 3 aromatic rings. The number of anilines is 2. The molecule has 0 aliphatic carbocycles. The number of nitrogen functional groups attached to an aromatic ring is 1. The maximum atomic E-state index is 12.7.